The third-order valence-electron chi connectivity index (χ3n) is 5.39. The van der Waals surface area contributed by atoms with Crippen molar-refractivity contribution in [3.8, 4) is 11.5 Å². The van der Waals surface area contributed by atoms with E-state index in [9.17, 15) is 9.59 Å². The van der Waals surface area contributed by atoms with Crippen LogP contribution < -0.4 is 9.47 Å². The van der Waals surface area contributed by atoms with Gasteiger partial charge in [-0.15, -0.1) is 11.8 Å². The molecule has 1 aromatic rings. The zero-order valence-electron chi connectivity index (χ0n) is 15.2. The van der Waals surface area contributed by atoms with Gasteiger partial charge in [0.05, 0.1) is 19.8 Å². The van der Waals surface area contributed by atoms with Crippen LogP contribution in [0.5, 0.6) is 11.5 Å². The molecule has 2 amide bonds. The second-order valence-corrected chi connectivity index (χ2v) is 7.92. The highest BCUT2D eigenvalue weighted by molar-refractivity contribution is 7.99. The van der Waals surface area contributed by atoms with Crippen LogP contribution in [0.1, 0.15) is 21.3 Å². The van der Waals surface area contributed by atoms with Gasteiger partial charge >= 0.3 is 0 Å². The van der Waals surface area contributed by atoms with Crippen LogP contribution in [-0.4, -0.2) is 85.8 Å². The molecule has 0 unspecified atom stereocenters. The molecule has 2 saturated heterocycles. The van der Waals surface area contributed by atoms with E-state index in [4.69, 9.17) is 9.47 Å². The lowest BCUT2D eigenvalue weighted by molar-refractivity contribution is -0.136. The van der Waals surface area contributed by atoms with Crippen LogP contribution in [0.3, 0.4) is 0 Å². The van der Waals surface area contributed by atoms with Gasteiger partial charge in [-0.3, -0.25) is 9.59 Å². The Balaban J connectivity index is 1.63. The number of hydrogen-bond donors (Lipinski definition) is 0. The number of methoxy groups -OCH3 is 2. The number of nitrogens with zero attached hydrogens (tertiary/aromatic N) is 3. The lowest BCUT2D eigenvalue weighted by Gasteiger charge is -2.35. The molecule has 3 aliphatic rings. The van der Waals surface area contributed by atoms with Gasteiger partial charge in [-0.25, -0.2) is 0 Å². The van der Waals surface area contributed by atoms with E-state index in [0.717, 1.165) is 18.7 Å². The van der Waals surface area contributed by atoms with Crippen LogP contribution in [0.15, 0.2) is 12.1 Å². The maximum absolute atomic E-state index is 13.2. The summed E-state index contributed by atoms with van der Waals surface area (Å²) < 4.78 is 10.8. The minimum absolute atomic E-state index is 0.0557. The fourth-order valence-corrected chi connectivity index (χ4v) is 5.37. The van der Waals surface area contributed by atoms with Crippen molar-refractivity contribution in [2.75, 3.05) is 53.2 Å². The molecule has 4 rings (SSSR count). The molecule has 0 spiro atoms. The number of hydrogen-bond acceptors (Lipinski definition) is 6. The third kappa shape index (κ3) is 2.54. The Morgan fingerprint density at radius 3 is 2.54 bits per heavy atom. The molecule has 0 radical (unpaired) electrons. The zero-order chi connectivity index (χ0) is 18.4. The van der Waals surface area contributed by atoms with Crippen molar-refractivity contribution in [3.05, 3.63) is 23.3 Å². The van der Waals surface area contributed by atoms with E-state index in [-0.39, 0.29) is 17.2 Å². The van der Waals surface area contributed by atoms with Crippen LogP contribution in [0.25, 0.3) is 0 Å². The molecular formula is C18H23N3O4S. The van der Waals surface area contributed by atoms with E-state index in [2.05, 4.69) is 11.9 Å². The highest BCUT2D eigenvalue weighted by Crippen LogP contribution is 2.52. The molecule has 2 atom stereocenters. The van der Waals surface area contributed by atoms with Crippen LogP contribution in [0, 0.1) is 0 Å². The summed E-state index contributed by atoms with van der Waals surface area (Å²) in [4.78, 5) is 32.1. The van der Waals surface area contributed by atoms with Crippen molar-refractivity contribution in [2.45, 2.75) is 11.4 Å². The first-order valence-electron chi connectivity index (χ1n) is 8.73. The van der Waals surface area contributed by atoms with E-state index < -0.39 is 6.04 Å². The lowest BCUT2D eigenvalue weighted by Crippen LogP contribution is -2.53. The SMILES string of the molecule is COc1ccc2c(c1OC)C(=O)N1[C@@H](C(=O)N3CCN(C)CC3)CS[C@H]21. The van der Waals surface area contributed by atoms with Crippen molar-refractivity contribution in [1.82, 2.24) is 14.7 Å². The molecule has 0 saturated carbocycles. The Kier molecular flexibility index (Phi) is 4.48. The molecule has 7 nitrogen and oxygen atoms in total. The largest absolute Gasteiger partial charge is 0.493 e. The molecule has 1 aromatic carbocycles. The smallest absolute Gasteiger partial charge is 0.260 e. The predicted molar refractivity (Wildman–Crippen MR) is 98.8 cm³/mol. The van der Waals surface area contributed by atoms with Crippen molar-refractivity contribution in [2.24, 2.45) is 0 Å². The molecule has 8 heteroatoms. The summed E-state index contributed by atoms with van der Waals surface area (Å²) in [5.41, 5.74) is 1.44. The number of benzene rings is 1. The molecular weight excluding hydrogens is 354 g/mol. The molecule has 140 valence electrons. The van der Waals surface area contributed by atoms with E-state index >= 15 is 0 Å². The highest BCUT2D eigenvalue weighted by Gasteiger charge is 2.51. The topological polar surface area (TPSA) is 62.3 Å². The first-order valence-corrected chi connectivity index (χ1v) is 9.78. The molecule has 3 heterocycles. The number of amides is 2. The number of piperazine rings is 1. The van der Waals surface area contributed by atoms with Gasteiger partial charge in [0.25, 0.3) is 5.91 Å². The second-order valence-electron chi connectivity index (χ2n) is 6.81. The maximum atomic E-state index is 13.2. The third-order valence-corrected chi connectivity index (χ3v) is 6.70. The first-order chi connectivity index (χ1) is 12.6. The normalized spacial score (nSPS) is 25.3. The molecule has 26 heavy (non-hydrogen) atoms. The van der Waals surface area contributed by atoms with Crippen LogP contribution in [-0.2, 0) is 4.79 Å². The van der Waals surface area contributed by atoms with Gasteiger partial charge in [-0.1, -0.05) is 6.07 Å². The average Bonchev–Trinajstić information content (AvgIpc) is 3.21. The average molecular weight is 377 g/mol. The van der Waals surface area contributed by atoms with Crippen molar-refractivity contribution in [3.63, 3.8) is 0 Å². The zero-order valence-corrected chi connectivity index (χ0v) is 16.0. The summed E-state index contributed by atoms with van der Waals surface area (Å²) in [6.45, 7) is 3.17. The number of carbonyl (C=O) groups is 2. The number of fused-ring (bicyclic) bond motifs is 3. The molecule has 3 aliphatic heterocycles. The van der Waals surface area contributed by atoms with Gasteiger partial charge in [-0.05, 0) is 13.1 Å². The first kappa shape index (κ1) is 17.5. The summed E-state index contributed by atoms with van der Waals surface area (Å²) >= 11 is 1.64. The van der Waals surface area contributed by atoms with Crippen molar-refractivity contribution < 1.29 is 19.1 Å². The maximum Gasteiger partial charge on any atom is 0.260 e. The molecule has 0 aromatic heterocycles. The molecule has 0 bridgehead atoms. The van der Waals surface area contributed by atoms with Gasteiger partial charge in [0.2, 0.25) is 5.91 Å². The summed E-state index contributed by atoms with van der Waals surface area (Å²) in [5, 5.41) is -0.126. The van der Waals surface area contributed by atoms with Gasteiger partial charge < -0.3 is 24.2 Å². The summed E-state index contributed by atoms with van der Waals surface area (Å²) in [6.07, 6.45) is 0. The van der Waals surface area contributed by atoms with Crippen LogP contribution in [0.2, 0.25) is 0 Å². The fraction of sp³-hybridized carbons (Fsp3) is 0.556. The summed E-state index contributed by atoms with van der Waals surface area (Å²) in [6, 6.07) is 3.32. The quantitative estimate of drug-likeness (QED) is 0.785. The van der Waals surface area contributed by atoms with Gasteiger partial charge in [0.15, 0.2) is 11.5 Å². The van der Waals surface area contributed by atoms with Gasteiger partial charge in [0, 0.05) is 37.5 Å². The predicted octanol–water partition coefficient (Wildman–Crippen LogP) is 1.05. The number of rotatable bonds is 3. The van der Waals surface area contributed by atoms with E-state index in [1.54, 1.807) is 23.8 Å². The molecule has 0 N–H and O–H groups in total. The Hall–Kier alpha value is -1.93. The molecule has 2 fully saturated rings. The highest BCUT2D eigenvalue weighted by atomic mass is 32.2. The Bertz CT molecular complexity index is 748. The summed E-state index contributed by atoms with van der Waals surface area (Å²) in [5.74, 6) is 1.54. The number of ether oxygens (including phenoxy) is 2. The van der Waals surface area contributed by atoms with E-state index in [0.29, 0.717) is 35.9 Å². The number of likely N-dealkylation sites (N-methyl/N-ethyl adjacent to an activating group) is 1. The second kappa shape index (κ2) is 6.66. The van der Waals surface area contributed by atoms with Crippen molar-refractivity contribution in [1.29, 1.82) is 0 Å². The van der Waals surface area contributed by atoms with Crippen molar-refractivity contribution >= 4 is 23.6 Å². The Morgan fingerprint density at radius 1 is 1.15 bits per heavy atom. The standard InChI is InChI=1S/C18H23N3O4S/c1-19-6-8-20(9-7-19)16(22)12-10-26-18-11-4-5-13(24-2)15(25-3)14(11)17(23)21(12)18/h4-5,12,18H,6-10H2,1-3H3/t12-,18-/m1/s1. The lowest BCUT2D eigenvalue weighted by atomic mass is 10.1. The minimum atomic E-state index is -0.413. The van der Waals surface area contributed by atoms with E-state index in [1.807, 2.05) is 17.0 Å². The molecule has 0 aliphatic carbocycles. The fourth-order valence-electron chi connectivity index (χ4n) is 3.92. The number of thioether (sulfide) groups is 1. The Morgan fingerprint density at radius 2 is 1.88 bits per heavy atom. The van der Waals surface area contributed by atoms with Crippen LogP contribution >= 0.6 is 11.8 Å². The Labute approximate surface area is 157 Å². The minimum Gasteiger partial charge on any atom is -0.493 e. The monoisotopic (exact) mass is 377 g/mol. The summed E-state index contributed by atoms with van der Waals surface area (Å²) in [7, 11) is 5.15. The van der Waals surface area contributed by atoms with Crippen LogP contribution in [0.4, 0.5) is 0 Å². The van der Waals surface area contributed by atoms with Gasteiger partial charge in [0.1, 0.15) is 11.4 Å². The number of carbonyl (C=O) groups excluding carboxylic acids is 2. The van der Waals surface area contributed by atoms with Gasteiger partial charge in [-0.2, -0.15) is 0 Å². The van der Waals surface area contributed by atoms with E-state index in [1.165, 1.54) is 7.11 Å².